The monoisotopic (exact) mass is 466 g/mol. The highest BCUT2D eigenvalue weighted by molar-refractivity contribution is 7.99. The first-order valence-corrected chi connectivity index (χ1v) is 12.0. The molecule has 0 unspecified atom stereocenters. The van der Waals surface area contributed by atoms with Crippen molar-refractivity contribution in [3.63, 3.8) is 0 Å². The van der Waals surface area contributed by atoms with Crippen molar-refractivity contribution < 1.29 is 9.59 Å². The maximum Gasteiger partial charge on any atom is 0.242 e. The third-order valence-electron chi connectivity index (χ3n) is 4.64. The molecule has 2 aromatic carbocycles. The zero-order valence-corrected chi connectivity index (χ0v) is 19.7. The molecule has 30 heavy (non-hydrogen) atoms. The molecule has 2 amide bonds. The Labute approximate surface area is 193 Å². The highest BCUT2D eigenvalue weighted by Gasteiger charge is 2.28. The minimum Gasteiger partial charge on any atom is -0.354 e. The summed E-state index contributed by atoms with van der Waals surface area (Å²) in [5.41, 5.74) is 1.93. The quantitative estimate of drug-likeness (QED) is 0.471. The second-order valence-electron chi connectivity index (χ2n) is 6.95. The van der Waals surface area contributed by atoms with Gasteiger partial charge in [0.2, 0.25) is 11.8 Å². The number of amides is 2. The summed E-state index contributed by atoms with van der Waals surface area (Å²) >= 11 is 13.8. The molecule has 0 fully saturated rings. The van der Waals surface area contributed by atoms with Crippen LogP contribution >= 0.6 is 35.0 Å². The van der Waals surface area contributed by atoms with E-state index in [-0.39, 0.29) is 17.6 Å². The fourth-order valence-electron chi connectivity index (χ4n) is 3.02. The van der Waals surface area contributed by atoms with Crippen molar-refractivity contribution in [1.29, 1.82) is 0 Å². The number of nitrogens with one attached hydrogen (secondary N) is 1. The van der Waals surface area contributed by atoms with E-state index in [9.17, 15) is 9.59 Å². The molecule has 162 valence electrons. The van der Waals surface area contributed by atoms with E-state index >= 15 is 0 Å². The lowest BCUT2D eigenvalue weighted by molar-refractivity contribution is -0.139. The Kier molecular flexibility index (Phi) is 10.6. The molecule has 0 saturated carbocycles. The molecule has 2 rings (SSSR count). The minimum atomic E-state index is -0.531. The van der Waals surface area contributed by atoms with Crippen LogP contribution < -0.4 is 5.32 Å². The summed E-state index contributed by atoms with van der Waals surface area (Å²) in [5.74, 6) is 0.779. The summed E-state index contributed by atoms with van der Waals surface area (Å²) in [7, 11) is 0. The van der Waals surface area contributed by atoms with E-state index in [0.717, 1.165) is 17.5 Å². The average molecular weight is 467 g/mol. The van der Waals surface area contributed by atoms with Crippen molar-refractivity contribution >= 4 is 46.8 Å². The number of thioether (sulfide) groups is 1. The predicted octanol–water partition coefficient (Wildman–Crippen LogP) is 5.56. The van der Waals surface area contributed by atoms with E-state index in [0.29, 0.717) is 35.3 Å². The lowest BCUT2D eigenvalue weighted by Gasteiger charge is -2.31. The fraction of sp³-hybridized carbons (Fsp3) is 0.391. The fourth-order valence-corrected chi connectivity index (χ4v) is 4.21. The van der Waals surface area contributed by atoms with Crippen LogP contribution in [0.2, 0.25) is 10.0 Å². The van der Waals surface area contributed by atoms with Crippen LogP contribution in [0.4, 0.5) is 0 Å². The van der Waals surface area contributed by atoms with Crippen LogP contribution in [0.15, 0.2) is 48.5 Å². The summed E-state index contributed by atoms with van der Waals surface area (Å²) in [6.45, 7) is 4.82. The van der Waals surface area contributed by atoms with E-state index in [1.54, 1.807) is 11.0 Å². The molecule has 2 aromatic rings. The van der Waals surface area contributed by atoms with Crippen molar-refractivity contribution in [2.24, 2.45) is 0 Å². The van der Waals surface area contributed by atoms with E-state index < -0.39 is 6.04 Å². The van der Waals surface area contributed by atoms with Gasteiger partial charge in [0.1, 0.15) is 6.04 Å². The normalized spacial score (nSPS) is 11.7. The lowest BCUT2D eigenvalue weighted by atomic mass is 10.1. The van der Waals surface area contributed by atoms with Crippen molar-refractivity contribution in [3.05, 3.63) is 69.7 Å². The SMILES string of the molecule is CCCNC(=O)[C@@H](CC)N(Cc1ccccc1Cl)C(=O)CSCc1ccc(Cl)cc1. The van der Waals surface area contributed by atoms with Crippen LogP contribution in [0.25, 0.3) is 0 Å². The molecule has 1 N–H and O–H groups in total. The third kappa shape index (κ3) is 7.53. The molecule has 0 spiro atoms. The first-order valence-electron chi connectivity index (χ1n) is 10.1. The lowest BCUT2D eigenvalue weighted by Crippen LogP contribution is -2.49. The second-order valence-corrected chi connectivity index (χ2v) is 8.78. The summed E-state index contributed by atoms with van der Waals surface area (Å²) in [6.07, 6.45) is 1.38. The number of hydrogen-bond acceptors (Lipinski definition) is 3. The van der Waals surface area contributed by atoms with Crippen molar-refractivity contribution in [2.45, 2.75) is 45.0 Å². The van der Waals surface area contributed by atoms with Crippen LogP contribution in [0.5, 0.6) is 0 Å². The van der Waals surface area contributed by atoms with Crippen molar-refractivity contribution in [3.8, 4) is 0 Å². The zero-order chi connectivity index (χ0) is 21.9. The summed E-state index contributed by atoms with van der Waals surface area (Å²) < 4.78 is 0. The summed E-state index contributed by atoms with van der Waals surface area (Å²) in [5, 5.41) is 4.20. The number of carbonyl (C=O) groups excluding carboxylic acids is 2. The topological polar surface area (TPSA) is 49.4 Å². The van der Waals surface area contributed by atoms with Gasteiger partial charge in [0.15, 0.2) is 0 Å². The number of nitrogens with zero attached hydrogens (tertiary/aromatic N) is 1. The Balaban J connectivity index is 2.11. The van der Waals surface area contributed by atoms with Gasteiger partial charge in [-0.2, -0.15) is 0 Å². The molecule has 0 radical (unpaired) electrons. The molecule has 0 aliphatic carbocycles. The molecule has 0 aromatic heterocycles. The second kappa shape index (κ2) is 12.9. The Morgan fingerprint density at radius 2 is 1.77 bits per heavy atom. The van der Waals surface area contributed by atoms with Gasteiger partial charge in [-0.3, -0.25) is 9.59 Å². The van der Waals surface area contributed by atoms with Crippen LogP contribution in [-0.4, -0.2) is 35.1 Å². The number of rotatable bonds is 11. The van der Waals surface area contributed by atoms with Crippen LogP contribution in [0.3, 0.4) is 0 Å². The van der Waals surface area contributed by atoms with Crippen molar-refractivity contribution in [2.75, 3.05) is 12.3 Å². The molecular formula is C23H28Cl2N2O2S. The Morgan fingerprint density at radius 1 is 1.07 bits per heavy atom. The Hall–Kier alpha value is -1.69. The van der Waals surface area contributed by atoms with Gasteiger partial charge in [0, 0.05) is 28.9 Å². The molecule has 1 atom stereocenters. The Morgan fingerprint density at radius 3 is 2.40 bits per heavy atom. The van der Waals surface area contributed by atoms with Gasteiger partial charge in [-0.05, 0) is 42.2 Å². The molecule has 0 aliphatic rings. The minimum absolute atomic E-state index is 0.0765. The smallest absolute Gasteiger partial charge is 0.242 e. The average Bonchev–Trinajstić information content (AvgIpc) is 2.74. The van der Waals surface area contributed by atoms with Gasteiger partial charge in [0.05, 0.1) is 5.75 Å². The predicted molar refractivity (Wildman–Crippen MR) is 127 cm³/mol. The molecule has 0 saturated heterocycles. The molecule has 4 nitrogen and oxygen atoms in total. The van der Waals surface area contributed by atoms with Gasteiger partial charge in [-0.1, -0.05) is 67.4 Å². The molecule has 7 heteroatoms. The third-order valence-corrected chi connectivity index (χ3v) is 6.25. The first-order chi connectivity index (χ1) is 14.5. The van der Waals surface area contributed by atoms with Crippen LogP contribution in [0, 0.1) is 0 Å². The highest BCUT2D eigenvalue weighted by Crippen LogP contribution is 2.22. The Bertz CT molecular complexity index is 830. The standard InChI is InChI=1S/C23H28Cl2N2O2S/c1-3-13-26-23(29)21(4-2)27(14-18-7-5-6-8-20(18)25)22(28)16-30-15-17-9-11-19(24)12-10-17/h5-12,21H,3-4,13-16H2,1-2H3,(H,26,29)/t21-/m1/s1. The largest absolute Gasteiger partial charge is 0.354 e. The van der Waals surface area contributed by atoms with E-state index in [1.165, 1.54) is 11.8 Å². The van der Waals surface area contributed by atoms with Crippen LogP contribution in [0.1, 0.15) is 37.8 Å². The number of hydrogen-bond donors (Lipinski definition) is 1. The van der Waals surface area contributed by atoms with E-state index in [2.05, 4.69) is 5.32 Å². The molecule has 0 aliphatic heterocycles. The molecule has 0 bridgehead atoms. The first kappa shape index (κ1) is 24.6. The number of benzene rings is 2. The highest BCUT2D eigenvalue weighted by atomic mass is 35.5. The molecule has 0 heterocycles. The van der Waals surface area contributed by atoms with E-state index in [1.807, 2.05) is 56.3 Å². The number of halogens is 2. The maximum absolute atomic E-state index is 13.1. The van der Waals surface area contributed by atoms with Gasteiger partial charge < -0.3 is 10.2 Å². The van der Waals surface area contributed by atoms with Crippen LogP contribution in [-0.2, 0) is 21.9 Å². The van der Waals surface area contributed by atoms with E-state index in [4.69, 9.17) is 23.2 Å². The van der Waals surface area contributed by atoms with Gasteiger partial charge >= 0.3 is 0 Å². The van der Waals surface area contributed by atoms with Gasteiger partial charge in [0.25, 0.3) is 0 Å². The zero-order valence-electron chi connectivity index (χ0n) is 17.4. The van der Waals surface area contributed by atoms with Crippen molar-refractivity contribution in [1.82, 2.24) is 10.2 Å². The summed E-state index contributed by atoms with van der Waals surface area (Å²) in [4.78, 5) is 27.5. The van der Waals surface area contributed by atoms with Gasteiger partial charge in [-0.25, -0.2) is 0 Å². The summed E-state index contributed by atoms with van der Waals surface area (Å²) in [6, 6.07) is 14.5. The maximum atomic E-state index is 13.1. The molecular weight excluding hydrogens is 439 g/mol. The number of carbonyl (C=O) groups is 2. The van der Waals surface area contributed by atoms with Gasteiger partial charge in [-0.15, -0.1) is 11.8 Å².